The highest BCUT2D eigenvalue weighted by Gasteiger charge is 2.35. The lowest BCUT2D eigenvalue weighted by Gasteiger charge is -2.36. The molecule has 0 amide bonds. The molecule has 3 atom stereocenters. The molecule has 1 nitrogen and oxygen atoms in total. The number of rotatable bonds is 3. The molecular formula is C13H27N. The van der Waals surface area contributed by atoms with E-state index in [1.54, 1.807) is 0 Å². The van der Waals surface area contributed by atoms with E-state index in [0.29, 0.717) is 11.5 Å². The van der Waals surface area contributed by atoms with E-state index in [4.69, 9.17) is 0 Å². The minimum atomic E-state index is 0.407. The first-order valence-electron chi connectivity index (χ1n) is 6.18. The van der Waals surface area contributed by atoms with E-state index in [0.717, 1.165) is 18.4 Å². The summed E-state index contributed by atoms with van der Waals surface area (Å²) in [6.07, 6.45) is 4.29. The van der Waals surface area contributed by atoms with Gasteiger partial charge in [0, 0.05) is 6.04 Å². The van der Waals surface area contributed by atoms with Gasteiger partial charge < -0.3 is 5.32 Å². The van der Waals surface area contributed by atoms with Crippen LogP contribution in [0.4, 0.5) is 0 Å². The van der Waals surface area contributed by atoms with Crippen LogP contribution in [0.3, 0.4) is 0 Å². The number of hydrogen-bond donors (Lipinski definition) is 1. The highest BCUT2D eigenvalue weighted by molar-refractivity contribution is 4.90. The molecule has 0 spiro atoms. The van der Waals surface area contributed by atoms with E-state index in [1.165, 1.54) is 19.3 Å². The van der Waals surface area contributed by atoms with E-state index in [-0.39, 0.29) is 0 Å². The molecule has 0 bridgehead atoms. The van der Waals surface area contributed by atoms with Crippen molar-refractivity contribution < 1.29 is 0 Å². The lowest BCUT2D eigenvalue weighted by atomic mass is 9.78. The van der Waals surface area contributed by atoms with Gasteiger partial charge in [-0.15, -0.1) is 0 Å². The summed E-state index contributed by atoms with van der Waals surface area (Å²) in [5.41, 5.74) is 0.407. The van der Waals surface area contributed by atoms with Crippen molar-refractivity contribution in [1.29, 1.82) is 0 Å². The average Bonchev–Trinajstić information content (AvgIpc) is 2.45. The van der Waals surface area contributed by atoms with Gasteiger partial charge in [-0.3, -0.25) is 0 Å². The zero-order valence-corrected chi connectivity index (χ0v) is 10.6. The van der Waals surface area contributed by atoms with Crippen molar-refractivity contribution in [3.05, 3.63) is 0 Å². The molecule has 0 aliphatic heterocycles. The molecule has 1 heteroatoms. The van der Waals surface area contributed by atoms with E-state index < -0.39 is 0 Å². The van der Waals surface area contributed by atoms with E-state index >= 15 is 0 Å². The molecule has 1 saturated carbocycles. The topological polar surface area (TPSA) is 12.0 Å². The quantitative estimate of drug-likeness (QED) is 0.731. The van der Waals surface area contributed by atoms with Gasteiger partial charge in [-0.1, -0.05) is 41.0 Å². The van der Waals surface area contributed by atoms with Crippen LogP contribution in [0.2, 0.25) is 0 Å². The zero-order chi connectivity index (χ0) is 10.8. The standard InChI is InChI=1S/C13H27N/c1-6-14-12(13(3,4)5)11-8-7-10(2)9-11/h10-12,14H,6-9H2,1-5H3. The Labute approximate surface area is 89.7 Å². The van der Waals surface area contributed by atoms with Gasteiger partial charge in [0.1, 0.15) is 0 Å². The van der Waals surface area contributed by atoms with Crippen LogP contribution in [0.25, 0.3) is 0 Å². The summed E-state index contributed by atoms with van der Waals surface area (Å²) in [5, 5.41) is 3.69. The molecule has 3 unspecified atom stereocenters. The highest BCUT2D eigenvalue weighted by Crippen LogP contribution is 2.38. The van der Waals surface area contributed by atoms with Gasteiger partial charge in [0.25, 0.3) is 0 Å². The van der Waals surface area contributed by atoms with E-state index in [2.05, 4.69) is 39.9 Å². The SMILES string of the molecule is CCNC(C1CCC(C)C1)C(C)(C)C. The van der Waals surface area contributed by atoms with Crippen LogP contribution in [0.5, 0.6) is 0 Å². The molecule has 0 aromatic rings. The van der Waals surface area contributed by atoms with Crippen molar-refractivity contribution in [3.8, 4) is 0 Å². The monoisotopic (exact) mass is 197 g/mol. The van der Waals surface area contributed by atoms with Gasteiger partial charge in [-0.25, -0.2) is 0 Å². The summed E-state index contributed by atoms with van der Waals surface area (Å²) < 4.78 is 0. The fourth-order valence-corrected chi connectivity index (χ4v) is 2.95. The minimum Gasteiger partial charge on any atom is -0.313 e. The second-order valence-electron chi connectivity index (χ2n) is 6.08. The fraction of sp³-hybridized carbons (Fsp3) is 1.00. The molecule has 0 saturated heterocycles. The van der Waals surface area contributed by atoms with Crippen molar-refractivity contribution >= 4 is 0 Å². The molecule has 0 aromatic heterocycles. The Morgan fingerprint density at radius 2 is 1.93 bits per heavy atom. The van der Waals surface area contributed by atoms with Crippen LogP contribution in [-0.2, 0) is 0 Å². The summed E-state index contributed by atoms with van der Waals surface area (Å²) >= 11 is 0. The summed E-state index contributed by atoms with van der Waals surface area (Å²) in [4.78, 5) is 0. The van der Waals surface area contributed by atoms with E-state index in [9.17, 15) is 0 Å². The van der Waals surface area contributed by atoms with Gasteiger partial charge >= 0.3 is 0 Å². The van der Waals surface area contributed by atoms with Crippen LogP contribution in [0.15, 0.2) is 0 Å². The van der Waals surface area contributed by atoms with Gasteiger partial charge in [0.2, 0.25) is 0 Å². The second kappa shape index (κ2) is 4.65. The largest absolute Gasteiger partial charge is 0.313 e. The maximum absolute atomic E-state index is 3.69. The molecular weight excluding hydrogens is 170 g/mol. The first-order chi connectivity index (χ1) is 6.45. The summed E-state index contributed by atoms with van der Waals surface area (Å²) in [6, 6.07) is 0.706. The van der Waals surface area contributed by atoms with Crippen molar-refractivity contribution in [3.63, 3.8) is 0 Å². The van der Waals surface area contributed by atoms with Gasteiger partial charge in [-0.2, -0.15) is 0 Å². The normalized spacial score (nSPS) is 30.6. The predicted molar refractivity (Wildman–Crippen MR) is 63.4 cm³/mol. The third kappa shape index (κ3) is 2.98. The minimum absolute atomic E-state index is 0.407. The zero-order valence-electron chi connectivity index (χ0n) is 10.6. The smallest absolute Gasteiger partial charge is 0.0144 e. The third-order valence-electron chi connectivity index (χ3n) is 3.56. The highest BCUT2D eigenvalue weighted by atomic mass is 14.9. The van der Waals surface area contributed by atoms with Gasteiger partial charge in [0.05, 0.1) is 0 Å². The summed E-state index contributed by atoms with van der Waals surface area (Å²) in [6.45, 7) is 12.8. The van der Waals surface area contributed by atoms with Gasteiger partial charge in [0.15, 0.2) is 0 Å². The Morgan fingerprint density at radius 3 is 2.29 bits per heavy atom. The molecule has 14 heavy (non-hydrogen) atoms. The maximum Gasteiger partial charge on any atom is 0.0144 e. The van der Waals surface area contributed by atoms with Crippen molar-refractivity contribution in [2.75, 3.05) is 6.54 Å². The molecule has 1 rings (SSSR count). The Kier molecular flexibility index (Phi) is 4.00. The van der Waals surface area contributed by atoms with Crippen molar-refractivity contribution in [2.24, 2.45) is 17.3 Å². The van der Waals surface area contributed by atoms with E-state index in [1.807, 2.05) is 0 Å². The number of nitrogens with one attached hydrogen (secondary N) is 1. The van der Waals surface area contributed by atoms with Crippen molar-refractivity contribution in [1.82, 2.24) is 5.32 Å². The molecule has 1 aliphatic rings. The maximum atomic E-state index is 3.69. The molecule has 84 valence electrons. The molecule has 0 radical (unpaired) electrons. The Hall–Kier alpha value is -0.0400. The Balaban J connectivity index is 2.59. The van der Waals surface area contributed by atoms with Crippen molar-refractivity contribution in [2.45, 2.75) is 59.9 Å². The first-order valence-corrected chi connectivity index (χ1v) is 6.18. The molecule has 0 heterocycles. The molecule has 1 aliphatic carbocycles. The number of hydrogen-bond acceptors (Lipinski definition) is 1. The predicted octanol–water partition coefficient (Wildman–Crippen LogP) is 3.45. The van der Waals surface area contributed by atoms with Crippen LogP contribution in [-0.4, -0.2) is 12.6 Å². The van der Waals surface area contributed by atoms with Crippen LogP contribution in [0, 0.1) is 17.3 Å². The summed E-state index contributed by atoms with van der Waals surface area (Å²) in [5.74, 6) is 1.86. The Bertz CT molecular complexity index is 169. The lowest BCUT2D eigenvalue weighted by Crippen LogP contribution is -2.45. The molecule has 0 aromatic carbocycles. The van der Waals surface area contributed by atoms with Gasteiger partial charge in [-0.05, 0) is 36.6 Å². The average molecular weight is 197 g/mol. The third-order valence-corrected chi connectivity index (χ3v) is 3.56. The molecule has 1 fully saturated rings. The molecule has 1 N–H and O–H groups in total. The second-order valence-corrected chi connectivity index (χ2v) is 6.08. The van der Waals surface area contributed by atoms with Crippen LogP contribution >= 0.6 is 0 Å². The fourth-order valence-electron chi connectivity index (χ4n) is 2.95. The first kappa shape index (κ1) is 12.0. The lowest BCUT2D eigenvalue weighted by molar-refractivity contribution is 0.194. The van der Waals surface area contributed by atoms with Crippen LogP contribution in [0.1, 0.15) is 53.9 Å². The Morgan fingerprint density at radius 1 is 1.29 bits per heavy atom. The van der Waals surface area contributed by atoms with Crippen LogP contribution < -0.4 is 5.32 Å². The summed E-state index contributed by atoms with van der Waals surface area (Å²) in [7, 11) is 0.